The number of pyridine rings is 1. The van der Waals surface area contributed by atoms with E-state index in [4.69, 9.17) is 49.8 Å². The maximum atomic E-state index is 5.14. The van der Waals surface area contributed by atoms with Crippen molar-refractivity contribution in [2.45, 2.75) is 39.5 Å². The molecule has 0 bridgehead atoms. The van der Waals surface area contributed by atoms with Crippen LogP contribution in [0.1, 0.15) is 51.2 Å². The maximum Gasteiger partial charge on any atom is 0.164 e. The molecule has 5 aromatic carbocycles. The molecule has 0 aliphatic carbocycles. The molecule has 4 aromatic heterocycles. The third-order valence-electron chi connectivity index (χ3n) is 9.88. The predicted molar refractivity (Wildman–Crippen MR) is 236 cm³/mol. The van der Waals surface area contributed by atoms with Crippen molar-refractivity contribution in [2.24, 2.45) is 0 Å². The number of benzene rings is 5. The van der Waals surface area contributed by atoms with Gasteiger partial charge in [-0.25, -0.2) is 44.9 Å². The van der Waals surface area contributed by atoms with Gasteiger partial charge in [0.25, 0.3) is 0 Å². The fourth-order valence-electron chi connectivity index (χ4n) is 6.68. The summed E-state index contributed by atoms with van der Waals surface area (Å²) in [5.74, 6) is 5.61. The molecule has 0 fully saturated rings. The molecular formula is C50H40N10. The Morgan fingerprint density at radius 3 is 0.933 bits per heavy atom. The van der Waals surface area contributed by atoms with Crippen LogP contribution < -0.4 is 0 Å². The summed E-state index contributed by atoms with van der Waals surface area (Å²) < 4.78 is 0. The first kappa shape index (κ1) is 37.8. The van der Waals surface area contributed by atoms with Crippen LogP contribution in [0.4, 0.5) is 0 Å². The lowest BCUT2D eigenvalue weighted by atomic mass is 10.0. The Kier molecular flexibility index (Phi) is 10.5. The second-order valence-electron chi connectivity index (χ2n) is 15.0. The van der Waals surface area contributed by atoms with Crippen molar-refractivity contribution >= 4 is 0 Å². The molecular weight excluding hydrogens is 741 g/mol. The van der Waals surface area contributed by atoms with E-state index in [9.17, 15) is 0 Å². The lowest BCUT2D eigenvalue weighted by molar-refractivity contribution is 0.766. The van der Waals surface area contributed by atoms with Crippen LogP contribution in [-0.4, -0.2) is 49.8 Å². The molecule has 10 heteroatoms. The molecule has 60 heavy (non-hydrogen) atoms. The van der Waals surface area contributed by atoms with E-state index in [1.165, 1.54) is 0 Å². The second kappa shape index (κ2) is 16.6. The van der Waals surface area contributed by atoms with Crippen LogP contribution in [-0.2, 0) is 0 Å². The number of aromatic nitrogens is 10. The Bertz CT molecular complexity index is 2910. The topological polar surface area (TPSA) is 129 Å². The zero-order chi connectivity index (χ0) is 41.0. The van der Waals surface area contributed by atoms with Crippen LogP contribution in [0.15, 0.2) is 158 Å². The maximum absolute atomic E-state index is 5.14. The van der Waals surface area contributed by atoms with Crippen molar-refractivity contribution in [1.82, 2.24) is 49.8 Å². The molecule has 0 saturated carbocycles. The first-order valence-corrected chi connectivity index (χ1v) is 20.0. The largest absolute Gasteiger partial charge is 0.256 e. The van der Waals surface area contributed by atoms with Crippen LogP contribution >= 0.6 is 0 Å². The zero-order valence-electron chi connectivity index (χ0n) is 33.6. The summed E-state index contributed by atoms with van der Waals surface area (Å²) in [6, 6.07) is 50.0. The highest BCUT2D eigenvalue weighted by molar-refractivity contribution is 5.78. The van der Waals surface area contributed by atoms with E-state index in [1.54, 1.807) is 6.20 Å². The highest BCUT2D eigenvalue weighted by Crippen LogP contribution is 2.33. The van der Waals surface area contributed by atoms with E-state index in [1.807, 2.05) is 140 Å². The van der Waals surface area contributed by atoms with E-state index < -0.39 is 0 Å². The summed E-state index contributed by atoms with van der Waals surface area (Å²) >= 11 is 0. The summed E-state index contributed by atoms with van der Waals surface area (Å²) in [4.78, 5) is 49.4. The first-order valence-electron chi connectivity index (χ1n) is 20.0. The van der Waals surface area contributed by atoms with Gasteiger partial charge in [-0.2, -0.15) is 0 Å². The van der Waals surface area contributed by atoms with Gasteiger partial charge >= 0.3 is 0 Å². The van der Waals surface area contributed by atoms with Crippen molar-refractivity contribution < 1.29 is 0 Å². The molecule has 0 amide bonds. The van der Waals surface area contributed by atoms with E-state index in [2.05, 4.69) is 39.8 Å². The van der Waals surface area contributed by atoms with E-state index in [0.29, 0.717) is 46.6 Å². The molecule has 0 radical (unpaired) electrons. The average Bonchev–Trinajstić information content (AvgIpc) is 3.32. The van der Waals surface area contributed by atoms with Gasteiger partial charge in [0, 0.05) is 62.5 Å². The van der Waals surface area contributed by atoms with Gasteiger partial charge in [-0.1, -0.05) is 149 Å². The van der Waals surface area contributed by atoms with Crippen LogP contribution in [0.3, 0.4) is 0 Å². The van der Waals surface area contributed by atoms with Crippen LogP contribution in [0.5, 0.6) is 0 Å². The van der Waals surface area contributed by atoms with Crippen molar-refractivity contribution in [2.75, 3.05) is 0 Å². The molecule has 4 heterocycles. The zero-order valence-corrected chi connectivity index (χ0v) is 33.6. The fourth-order valence-corrected chi connectivity index (χ4v) is 6.68. The molecule has 0 aliphatic rings. The molecule has 0 spiro atoms. The summed E-state index contributed by atoms with van der Waals surface area (Å²) in [5.41, 5.74) is 7.61. The Morgan fingerprint density at radius 1 is 0.283 bits per heavy atom. The smallest absolute Gasteiger partial charge is 0.164 e. The quantitative estimate of drug-likeness (QED) is 0.132. The average molecular weight is 781 g/mol. The van der Waals surface area contributed by atoms with Crippen LogP contribution in [0, 0.1) is 0 Å². The second-order valence-corrected chi connectivity index (χ2v) is 15.0. The Hall–Kier alpha value is -7.72. The van der Waals surface area contributed by atoms with Crippen LogP contribution in [0.2, 0.25) is 0 Å². The van der Waals surface area contributed by atoms with Gasteiger partial charge in [-0.05, 0) is 30.3 Å². The molecule has 0 atom stereocenters. The highest BCUT2D eigenvalue weighted by atomic mass is 15.1. The molecule has 0 aliphatic heterocycles. The van der Waals surface area contributed by atoms with Crippen molar-refractivity contribution in [1.29, 1.82) is 0 Å². The molecule has 10 nitrogen and oxygen atoms in total. The summed E-state index contributed by atoms with van der Waals surface area (Å²) in [5, 5.41) is 0. The standard InChI is InChI=1S/C50H40N10/c1-31(2)42-52-44(33-16-8-5-9-17-33)56-47(54-42)36-23-25-37(26-24-36)48-57-46(35-20-12-7-13-21-35)59-50(60-48)40-29-38(41-22-14-15-27-51-41)28-39(30-40)49-55-43(32(3)4)53-45(58-49)34-18-10-6-11-19-34/h5-32H,1-4H3. The van der Waals surface area contributed by atoms with Crippen molar-refractivity contribution in [3.63, 3.8) is 0 Å². The predicted octanol–water partition coefficient (Wildman–Crippen LogP) is 11.2. The summed E-state index contributed by atoms with van der Waals surface area (Å²) in [6.45, 7) is 8.35. The normalized spacial score (nSPS) is 11.3. The Balaban J connectivity index is 1.18. The van der Waals surface area contributed by atoms with E-state index >= 15 is 0 Å². The third kappa shape index (κ3) is 8.17. The minimum absolute atomic E-state index is 0.0758. The third-order valence-corrected chi connectivity index (χ3v) is 9.88. The summed E-state index contributed by atoms with van der Waals surface area (Å²) in [6.07, 6.45) is 1.79. The molecule has 0 N–H and O–H groups in total. The molecule has 290 valence electrons. The van der Waals surface area contributed by atoms with Gasteiger partial charge in [0.2, 0.25) is 0 Å². The molecule has 9 aromatic rings. The van der Waals surface area contributed by atoms with Crippen molar-refractivity contribution in [3.05, 3.63) is 170 Å². The van der Waals surface area contributed by atoms with Gasteiger partial charge < -0.3 is 0 Å². The summed E-state index contributed by atoms with van der Waals surface area (Å²) in [7, 11) is 0. The van der Waals surface area contributed by atoms with Gasteiger partial charge in [-0.3, -0.25) is 4.98 Å². The van der Waals surface area contributed by atoms with Gasteiger partial charge in [0.1, 0.15) is 11.6 Å². The minimum atomic E-state index is 0.0758. The van der Waals surface area contributed by atoms with Gasteiger partial charge in [-0.15, -0.1) is 0 Å². The van der Waals surface area contributed by atoms with Gasteiger partial charge in [0.15, 0.2) is 40.8 Å². The number of hydrogen-bond donors (Lipinski definition) is 0. The number of nitrogens with zero attached hydrogens (tertiary/aromatic N) is 10. The Morgan fingerprint density at radius 2 is 0.583 bits per heavy atom. The van der Waals surface area contributed by atoms with E-state index in [0.717, 1.165) is 56.0 Å². The highest BCUT2D eigenvalue weighted by Gasteiger charge is 2.19. The fraction of sp³-hybridized carbons (Fsp3) is 0.120. The first-order chi connectivity index (χ1) is 29.3. The Labute approximate surface area is 348 Å². The van der Waals surface area contributed by atoms with E-state index in [-0.39, 0.29) is 11.8 Å². The molecule has 0 saturated heterocycles. The lowest BCUT2D eigenvalue weighted by Crippen LogP contribution is -2.05. The SMILES string of the molecule is CC(C)c1nc(-c2ccccc2)nc(-c2ccc(-c3nc(-c4ccccc4)nc(-c4cc(-c5ccccn5)cc(-c5nc(-c6ccccc6)nc(C(C)C)n5)c4)n3)cc2)n1. The van der Waals surface area contributed by atoms with Crippen LogP contribution in [0.25, 0.3) is 91.0 Å². The molecule has 0 unspecified atom stereocenters. The number of hydrogen-bond acceptors (Lipinski definition) is 10. The monoisotopic (exact) mass is 780 g/mol. The van der Waals surface area contributed by atoms with Gasteiger partial charge in [0.05, 0.1) is 5.69 Å². The van der Waals surface area contributed by atoms with Crippen molar-refractivity contribution in [3.8, 4) is 91.0 Å². The lowest BCUT2D eigenvalue weighted by Gasteiger charge is -2.13. The minimum Gasteiger partial charge on any atom is -0.256 e. The molecule has 9 rings (SSSR count). The number of rotatable bonds is 10.